The molecule has 0 saturated heterocycles. The molecule has 226 valence electrons. The van der Waals surface area contributed by atoms with E-state index in [-0.39, 0.29) is 0 Å². The molecule has 10 aromatic rings. The molecule has 7 aromatic carbocycles. The van der Waals surface area contributed by atoms with E-state index >= 15 is 0 Å². The van der Waals surface area contributed by atoms with Crippen molar-refractivity contribution < 1.29 is 8.83 Å². The first-order valence-electron chi connectivity index (χ1n) is 16.0. The van der Waals surface area contributed by atoms with Gasteiger partial charge in [0.25, 0.3) is 0 Å². The summed E-state index contributed by atoms with van der Waals surface area (Å²) >= 11 is 1.84. The van der Waals surface area contributed by atoms with Crippen molar-refractivity contribution in [2.24, 2.45) is 0 Å². The lowest BCUT2D eigenvalue weighted by molar-refractivity contribution is 0.620. The SMILES string of the molecule is c1ccc(-c2cc(N(c3ccccc3)c3ccc4c(c3)oc3cccc(-c5nc6ccccc6o5)c34)cc3sc4ccccc4c23)cc1. The maximum atomic E-state index is 6.56. The summed E-state index contributed by atoms with van der Waals surface area (Å²) in [4.78, 5) is 7.13. The van der Waals surface area contributed by atoms with E-state index in [2.05, 4.69) is 126 Å². The highest BCUT2D eigenvalue weighted by Crippen LogP contribution is 2.46. The summed E-state index contributed by atoms with van der Waals surface area (Å²) in [5.74, 6) is 0.588. The summed E-state index contributed by atoms with van der Waals surface area (Å²) in [6.45, 7) is 0. The molecular formula is C43H26N2O2S. The predicted molar refractivity (Wildman–Crippen MR) is 200 cm³/mol. The summed E-state index contributed by atoms with van der Waals surface area (Å²) in [5.41, 5.74) is 9.70. The third-order valence-corrected chi connectivity index (χ3v) is 10.2. The number of nitrogens with zero attached hydrogens (tertiary/aromatic N) is 2. The number of fused-ring (bicyclic) bond motifs is 7. The van der Waals surface area contributed by atoms with Gasteiger partial charge in [-0.15, -0.1) is 11.3 Å². The minimum atomic E-state index is 0.588. The van der Waals surface area contributed by atoms with Crippen molar-refractivity contribution in [3.05, 3.63) is 158 Å². The Morgan fingerprint density at radius 2 is 1.23 bits per heavy atom. The zero-order valence-electron chi connectivity index (χ0n) is 25.6. The van der Waals surface area contributed by atoms with Crippen LogP contribution in [-0.4, -0.2) is 4.98 Å². The molecule has 0 N–H and O–H groups in total. The van der Waals surface area contributed by atoms with E-state index in [1.807, 2.05) is 47.7 Å². The third kappa shape index (κ3) is 4.25. The Hall–Kier alpha value is -6.17. The summed E-state index contributed by atoms with van der Waals surface area (Å²) in [6, 6.07) is 55.0. The van der Waals surface area contributed by atoms with Gasteiger partial charge in [-0.05, 0) is 77.9 Å². The van der Waals surface area contributed by atoms with Crippen molar-refractivity contribution in [2.75, 3.05) is 4.90 Å². The number of furan rings is 1. The highest BCUT2D eigenvalue weighted by Gasteiger charge is 2.21. The summed E-state index contributed by atoms with van der Waals surface area (Å²) < 4.78 is 15.3. The van der Waals surface area contributed by atoms with Crippen molar-refractivity contribution in [3.8, 4) is 22.6 Å². The number of hydrogen-bond donors (Lipinski definition) is 0. The first-order chi connectivity index (χ1) is 23.8. The van der Waals surface area contributed by atoms with Gasteiger partial charge in [-0.1, -0.05) is 84.9 Å². The van der Waals surface area contributed by atoms with E-state index < -0.39 is 0 Å². The van der Waals surface area contributed by atoms with Crippen LogP contribution in [0.5, 0.6) is 0 Å². The fraction of sp³-hybridized carbons (Fsp3) is 0. The maximum Gasteiger partial charge on any atom is 0.228 e. The number of rotatable bonds is 5. The number of para-hydroxylation sites is 3. The van der Waals surface area contributed by atoms with Gasteiger partial charge in [-0.2, -0.15) is 0 Å². The molecule has 0 fully saturated rings. The van der Waals surface area contributed by atoms with Crippen molar-refractivity contribution in [1.82, 2.24) is 4.98 Å². The highest BCUT2D eigenvalue weighted by molar-refractivity contribution is 7.26. The lowest BCUT2D eigenvalue weighted by Crippen LogP contribution is -2.10. The second kappa shape index (κ2) is 10.7. The number of hydrogen-bond acceptors (Lipinski definition) is 5. The standard InChI is InChI=1S/C43H26N2O2S/c1-3-12-27(13-4-1)34-24-30(26-40-42(34)32-16-7-10-21-39(32)48-40)45(28-14-5-2-6-15-28)29-22-23-31-38(25-29)46-37-20-11-17-33(41(31)37)43-44-35-18-8-9-19-36(35)47-43/h1-26H. The van der Waals surface area contributed by atoms with Crippen LogP contribution in [0.4, 0.5) is 17.1 Å². The van der Waals surface area contributed by atoms with Gasteiger partial charge in [0.2, 0.25) is 5.89 Å². The van der Waals surface area contributed by atoms with E-state index in [9.17, 15) is 0 Å². The Morgan fingerprint density at radius 3 is 2.10 bits per heavy atom. The third-order valence-electron chi connectivity index (χ3n) is 9.08. The second-order valence-electron chi connectivity index (χ2n) is 11.9. The zero-order valence-corrected chi connectivity index (χ0v) is 26.4. The van der Waals surface area contributed by atoms with Crippen LogP contribution in [-0.2, 0) is 0 Å². The zero-order chi connectivity index (χ0) is 31.6. The van der Waals surface area contributed by atoms with Gasteiger partial charge in [0.15, 0.2) is 5.58 Å². The second-order valence-corrected chi connectivity index (χ2v) is 13.0. The predicted octanol–water partition coefficient (Wildman–Crippen LogP) is 12.9. The average molecular weight is 635 g/mol. The molecule has 3 heterocycles. The Balaban J connectivity index is 1.19. The molecule has 0 unspecified atom stereocenters. The van der Waals surface area contributed by atoms with E-state index in [4.69, 9.17) is 13.8 Å². The van der Waals surface area contributed by atoms with Gasteiger partial charge in [-0.3, -0.25) is 0 Å². The molecule has 0 bridgehead atoms. The molecule has 0 amide bonds. The number of oxazole rings is 1. The largest absolute Gasteiger partial charge is 0.456 e. The Bertz CT molecular complexity index is 2760. The van der Waals surface area contributed by atoms with Crippen molar-refractivity contribution in [1.29, 1.82) is 0 Å². The summed E-state index contributed by atoms with van der Waals surface area (Å²) in [7, 11) is 0. The first kappa shape index (κ1) is 27.0. The number of anilines is 3. The van der Waals surface area contributed by atoms with Crippen LogP contribution < -0.4 is 4.90 Å². The van der Waals surface area contributed by atoms with Crippen LogP contribution in [0.2, 0.25) is 0 Å². The van der Waals surface area contributed by atoms with Crippen LogP contribution in [0.3, 0.4) is 0 Å². The maximum absolute atomic E-state index is 6.56. The fourth-order valence-corrected chi connectivity index (χ4v) is 8.12. The van der Waals surface area contributed by atoms with E-state index in [1.165, 1.54) is 31.3 Å². The molecule has 0 aliphatic heterocycles. The lowest BCUT2D eigenvalue weighted by Gasteiger charge is -2.26. The van der Waals surface area contributed by atoms with Gasteiger partial charge in [0, 0.05) is 59.6 Å². The topological polar surface area (TPSA) is 42.4 Å². The molecular weight excluding hydrogens is 609 g/mol. The molecule has 5 heteroatoms. The van der Waals surface area contributed by atoms with Crippen molar-refractivity contribution in [2.45, 2.75) is 0 Å². The van der Waals surface area contributed by atoms with Gasteiger partial charge in [0.05, 0.1) is 0 Å². The molecule has 0 aliphatic rings. The van der Waals surface area contributed by atoms with Crippen molar-refractivity contribution >= 4 is 81.6 Å². The van der Waals surface area contributed by atoms with Crippen LogP contribution in [0.1, 0.15) is 0 Å². The quantitative estimate of drug-likeness (QED) is 0.189. The Morgan fingerprint density at radius 1 is 0.458 bits per heavy atom. The molecule has 4 nitrogen and oxygen atoms in total. The summed E-state index contributed by atoms with van der Waals surface area (Å²) in [6.07, 6.45) is 0. The van der Waals surface area contributed by atoms with Gasteiger partial charge in [0.1, 0.15) is 16.7 Å². The monoisotopic (exact) mass is 634 g/mol. The van der Waals surface area contributed by atoms with E-state index in [1.54, 1.807) is 0 Å². The molecule has 0 saturated carbocycles. The smallest absolute Gasteiger partial charge is 0.228 e. The molecule has 10 rings (SSSR count). The Kier molecular flexibility index (Phi) is 6.01. The number of thiophene rings is 1. The van der Waals surface area contributed by atoms with Crippen molar-refractivity contribution in [3.63, 3.8) is 0 Å². The average Bonchev–Trinajstić information content (AvgIpc) is 3.85. The number of aromatic nitrogens is 1. The lowest BCUT2D eigenvalue weighted by atomic mass is 9.98. The molecule has 48 heavy (non-hydrogen) atoms. The molecule has 0 radical (unpaired) electrons. The van der Waals surface area contributed by atoms with Gasteiger partial charge >= 0.3 is 0 Å². The molecule has 3 aromatic heterocycles. The number of benzene rings is 7. The van der Waals surface area contributed by atoms with Crippen LogP contribution in [0.25, 0.3) is 75.8 Å². The summed E-state index contributed by atoms with van der Waals surface area (Å²) in [5, 5.41) is 4.59. The fourth-order valence-electron chi connectivity index (χ4n) is 6.96. The first-order valence-corrected chi connectivity index (χ1v) is 16.8. The van der Waals surface area contributed by atoms with Crippen LogP contribution >= 0.6 is 11.3 Å². The van der Waals surface area contributed by atoms with Crippen LogP contribution in [0, 0.1) is 0 Å². The normalized spacial score (nSPS) is 11.8. The minimum Gasteiger partial charge on any atom is -0.456 e. The molecule has 0 aliphatic carbocycles. The molecule has 0 atom stereocenters. The van der Waals surface area contributed by atoms with Gasteiger partial charge in [-0.25, -0.2) is 4.98 Å². The minimum absolute atomic E-state index is 0.588. The van der Waals surface area contributed by atoms with E-state index in [0.717, 1.165) is 55.7 Å². The van der Waals surface area contributed by atoms with Crippen LogP contribution in [0.15, 0.2) is 167 Å². The highest BCUT2D eigenvalue weighted by atomic mass is 32.1. The molecule has 0 spiro atoms. The van der Waals surface area contributed by atoms with E-state index in [0.29, 0.717) is 5.89 Å². The van der Waals surface area contributed by atoms with Gasteiger partial charge < -0.3 is 13.7 Å². The Labute approximate surface area is 279 Å².